The van der Waals surface area contributed by atoms with Crippen LogP contribution in [0.15, 0.2) is 73.1 Å². The van der Waals surface area contributed by atoms with E-state index in [0.29, 0.717) is 17.0 Å². The summed E-state index contributed by atoms with van der Waals surface area (Å²) in [5, 5.41) is 2.98. The van der Waals surface area contributed by atoms with Crippen LogP contribution in [-0.4, -0.2) is 22.4 Å². The lowest BCUT2D eigenvalue weighted by molar-refractivity contribution is 0.102. The van der Waals surface area contributed by atoms with Crippen molar-refractivity contribution in [3.8, 4) is 17.0 Å². The maximum Gasteiger partial charge on any atom is 0.255 e. The molecule has 0 aliphatic rings. The molecule has 2 heterocycles. The maximum atomic E-state index is 12.8. The van der Waals surface area contributed by atoms with Crippen LogP contribution in [0.25, 0.3) is 16.9 Å². The Hall–Kier alpha value is -3.60. The van der Waals surface area contributed by atoms with E-state index in [2.05, 4.69) is 31.1 Å². The quantitative estimate of drug-likeness (QED) is 0.489. The Morgan fingerprint density at radius 2 is 1.80 bits per heavy atom. The molecule has 4 rings (SSSR count). The molecule has 0 atom stereocenters. The molecule has 0 fully saturated rings. The van der Waals surface area contributed by atoms with Crippen LogP contribution in [0.3, 0.4) is 0 Å². The molecule has 5 heteroatoms. The van der Waals surface area contributed by atoms with Gasteiger partial charge < -0.3 is 14.5 Å². The molecule has 1 N–H and O–H groups in total. The molecule has 1 amide bonds. The number of pyridine rings is 1. The van der Waals surface area contributed by atoms with Crippen LogP contribution < -0.4 is 10.1 Å². The minimum atomic E-state index is -0.180. The minimum Gasteiger partial charge on any atom is -0.495 e. The number of nitrogens with zero attached hydrogens (tertiary/aromatic N) is 2. The minimum absolute atomic E-state index is 0.0423. The standard InChI is InChI=1S/C25H25N3O2/c1-25(2,3)19-11-8-17(9-12-19)24(29)27-20-15-18(10-13-22(20)30-4)21-16-28-14-6-5-7-23(28)26-21/h5-16H,1-4H3,(H,27,29). The number of aromatic nitrogens is 2. The lowest BCUT2D eigenvalue weighted by Crippen LogP contribution is -2.14. The largest absolute Gasteiger partial charge is 0.495 e. The molecule has 2 aromatic carbocycles. The molecule has 0 saturated carbocycles. The monoisotopic (exact) mass is 399 g/mol. The fourth-order valence-corrected chi connectivity index (χ4v) is 3.35. The number of methoxy groups -OCH3 is 1. The summed E-state index contributed by atoms with van der Waals surface area (Å²) in [6.45, 7) is 6.45. The summed E-state index contributed by atoms with van der Waals surface area (Å²) >= 11 is 0. The van der Waals surface area contributed by atoms with Gasteiger partial charge in [-0.3, -0.25) is 4.79 Å². The molecule has 0 aliphatic heterocycles. The molecule has 2 aromatic heterocycles. The van der Waals surface area contributed by atoms with Crippen molar-refractivity contribution < 1.29 is 9.53 Å². The van der Waals surface area contributed by atoms with Gasteiger partial charge in [0, 0.05) is 23.5 Å². The zero-order chi connectivity index (χ0) is 21.3. The SMILES string of the molecule is COc1ccc(-c2cn3ccccc3n2)cc1NC(=O)c1ccc(C(C)(C)C)cc1. The number of fused-ring (bicyclic) bond motifs is 1. The van der Waals surface area contributed by atoms with Crippen molar-refractivity contribution in [1.82, 2.24) is 9.38 Å². The van der Waals surface area contributed by atoms with Crippen molar-refractivity contribution in [3.63, 3.8) is 0 Å². The van der Waals surface area contributed by atoms with Crippen LogP contribution >= 0.6 is 0 Å². The van der Waals surface area contributed by atoms with E-state index in [0.717, 1.165) is 16.9 Å². The van der Waals surface area contributed by atoms with Gasteiger partial charge in [-0.25, -0.2) is 4.98 Å². The Balaban J connectivity index is 1.63. The van der Waals surface area contributed by atoms with Gasteiger partial charge in [-0.1, -0.05) is 39.0 Å². The average molecular weight is 399 g/mol. The Bertz CT molecular complexity index is 1170. The third kappa shape index (κ3) is 3.92. The second-order valence-corrected chi connectivity index (χ2v) is 8.29. The smallest absolute Gasteiger partial charge is 0.255 e. The highest BCUT2D eigenvalue weighted by Gasteiger charge is 2.16. The second-order valence-electron chi connectivity index (χ2n) is 8.29. The number of hydrogen-bond acceptors (Lipinski definition) is 3. The van der Waals surface area contributed by atoms with Crippen molar-refractivity contribution in [1.29, 1.82) is 0 Å². The van der Waals surface area contributed by atoms with Gasteiger partial charge in [-0.05, 0) is 53.4 Å². The number of carbonyl (C=O) groups excluding carboxylic acids is 1. The molecule has 152 valence electrons. The average Bonchev–Trinajstić information content (AvgIpc) is 3.17. The van der Waals surface area contributed by atoms with Gasteiger partial charge in [0.05, 0.1) is 18.5 Å². The number of anilines is 1. The third-order valence-corrected chi connectivity index (χ3v) is 5.12. The molecular weight excluding hydrogens is 374 g/mol. The Kier molecular flexibility index (Phi) is 5.04. The molecule has 0 radical (unpaired) electrons. The van der Waals surface area contributed by atoms with E-state index in [1.165, 1.54) is 5.56 Å². The lowest BCUT2D eigenvalue weighted by atomic mass is 9.87. The van der Waals surface area contributed by atoms with E-state index >= 15 is 0 Å². The lowest BCUT2D eigenvalue weighted by Gasteiger charge is -2.19. The fraction of sp³-hybridized carbons (Fsp3) is 0.200. The topological polar surface area (TPSA) is 55.6 Å². The molecule has 0 unspecified atom stereocenters. The van der Waals surface area contributed by atoms with Crippen molar-refractivity contribution in [2.75, 3.05) is 12.4 Å². The summed E-state index contributed by atoms with van der Waals surface area (Å²) in [4.78, 5) is 17.5. The second kappa shape index (κ2) is 7.67. The highest BCUT2D eigenvalue weighted by atomic mass is 16.5. The van der Waals surface area contributed by atoms with Crippen LogP contribution in [0, 0.1) is 0 Å². The highest BCUT2D eigenvalue weighted by molar-refractivity contribution is 6.05. The predicted octanol–water partition coefficient (Wildman–Crippen LogP) is 5.56. The number of ether oxygens (including phenoxy) is 1. The number of benzene rings is 2. The molecule has 0 bridgehead atoms. The van der Waals surface area contributed by atoms with Crippen LogP contribution in [0.4, 0.5) is 5.69 Å². The van der Waals surface area contributed by atoms with Gasteiger partial charge in [-0.15, -0.1) is 0 Å². The van der Waals surface area contributed by atoms with Crippen molar-refractivity contribution in [2.45, 2.75) is 26.2 Å². The van der Waals surface area contributed by atoms with Gasteiger partial charge >= 0.3 is 0 Å². The molecule has 0 aliphatic carbocycles. The summed E-state index contributed by atoms with van der Waals surface area (Å²) in [5.41, 5.74) is 5.03. The molecule has 0 saturated heterocycles. The van der Waals surface area contributed by atoms with E-state index in [1.807, 2.05) is 77.5 Å². The first-order chi connectivity index (χ1) is 14.3. The van der Waals surface area contributed by atoms with E-state index in [-0.39, 0.29) is 11.3 Å². The Morgan fingerprint density at radius 1 is 1.03 bits per heavy atom. The van der Waals surface area contributed by atoms with Crippen molar-refractivity contribution in [2.24, 2.45) is 0 Å². The van der Waals surface area contributed by atoms with Gasteiger partial charge in [0.2, 0.25) is 0 Å². The van der Waals surface area contributed by atoms with Gasteiger partial charge in [-0.2, -0.15) is 0 Å². The number of carbonyl (C=O) groups is 1. The number of nitrogens with one attached hydrogen (secondary N) is 1. The Morgan fingerprint density at radius 3 is 2.47 bits per heavy atom. The number of hydrogen-bond donors (Lipinski definition) is 1. The van der Waals surface area contributed by atoms with E-state index < -0.39 is 0 Å². The summed E-state index contributed by atoms with van der Waals surface area (Å²) in [6.07, 6.45) is 3.92. The van der Waals surface area contributed by atoms with Crippen LogP contribution in [0.2, 0.25) is 0 Å². The van der Waals surface area contributed by atoms with Crippen molar-refractivity contribution >= 4 is 17.2 Å². The summed E-state index contributed by atoms with van der Waals surface area (Å²) < 4.78 is 7.42. The first-order valence-corrected chi connectivity index (χ1v) is 9.89. The third-order valence-electron chi connectivity index (χ3n) is 5.12. The molecule has 5 nitrogen and oxygen atoms in total. The molecule has 4 aromatic rings. The van der Waals surface area contributed by atoms with Gasteiger partial charge in [0.1, 0.15) is 11.4 Å². The summed E-state index contributed by atoms with van der Waals surface area (Å²) in [5.74, 6) is 0.420. The van der Waals surface area contributed by atoms with Crippen LogP contribution in [-0.2, 0) is 5.41 Å². The summed E-state index contributed by atoms with van der Waals surface area (Å²) in [7, 11) is 1.59. The number of amides is 1. The zero-order valence-corrected chi connectivity index (χ0v) is 17.6. The molecular formula is C25H25N3O2. The summed E-state index contributed by atoms with van der Waals surface area (Å²) in [6, 6.07) is 19.3. The van der Waals surface area contributed by atoms with Crippen molar-refractivity contribution in [3.05, 3.63) is 84.2 Å². The van der Waals surface area contributed by atoms with Crippen LogP contribution in [0.1, 0.15) is 36.7 Å². The van der Waals surface area contributed by atoms with Gasteiger partial charge in [0.15, 0.2) is 0 Å². The fourth-order valence-electron chi connectivity index (χ4n) is 3.35. The van der Waals surface area contributed by atoms with Crippen LogP contribution in [0.5, 0.6) is 5.75 Å². The maximum absolute atomic E-state index is 12.8. The van der Waals surface area contributed by atoms with Gasteiger partial charge in [0.25, 0.3) is 5.91 Å². The highest BCUT2D eigenvalue weighted by Crippen LogP contribution is 2.31. The normalized spacial score (nSPS) is 11.5. The Labute approximate surface area is 176 Å². The van der Waals surface area contributed by atoms with E-state index in [1.54, 1.807) is 7.11 Å². The molecule has 30 heavy (non-hydrogen) atoms. The predicted molar refractivity (Wildman–Crippen MR) is 120 cm³/mol. The zero-order valence-electron chi connectivity index (χ0n) is 17.6. The number of imidazole rings is 1. The van der Waals surface area contributed by atoms with E-state index in [9.17, 15) is 4.79 Å². The first-order valence-electron chi connectivity index (χ1n) is 9.89. The van der Waals surface area contributed by atoms with E-state index in [4.69, 9.17) is 4.74 Å². The number of rotatable bonds is 4. The first kappa shape index (κ1) is 19.7. The molecule has 0 spiro atoms.